The van der Waals surface area contributed by atoms with Gasteiger partial charge in [0.2, 0.25) is 15.9 Å². The van der Waals surface area contributed by atoms with Crippen LogP contribution in [-0.4, -0.2) is 25.4 Å². The Morgan fingerprint density at radius 3 is 2.47 bits per heavy atom. The first kappa shape index (κ1) is 15.1. The molecule has 1 amide bonds. The van der Waals surface area contributed by atoms with E-state index in [2.05, 4.69) is 5.32 Å². The average Bonchev–Trinajstić information content (AvgIpc) is 2.27. The van der Waals surface area contributed by atoms with Crippen molar-refractivity contribution in [1.82, 2.24) is 0 Å². The molecule has 0 aliphatic rings. The number of amides is 1. The van der Waals surface area contributed by atoms with E-state index in [-0.39, 0.29) is 17.7 Å². The molecule has 104 valence electrons. The number of nitrogens with two attached hydrogens (primary N) is 1. The molecule has 0 bridgehead atoms. The van der Waals surface area contributed by atoms with E-state index in [0.717, 1.165) is 0 Å². The third-order valence-electron chi connectivity index (χ3n) is 2.43. The third kappa shape index (κ3) is 4.34. The maximum absolute atomic E-state index is 11.5. The molecule has 0 fully saturated rings. The number of primary sulfonamides is 1. The molecule has 0 aliphatic heterocycles. The van der Waals surface area contributed by atoms with Gasteiger partial charge in [0.1, 0.15) is 0 Å². The van der Waals surface area contributed by atoms with Gasteiger partial charge in [0.15, 0.2) is 0 Å². The van der Waals surface area contributed by atoms with E-state index in [4.69, 9.17) is 10.2 Å². The number of carbonyl (C=O) groups excluding carboxylic acids is 1. The second-order valence-corrected chi connectivity index (χ2v) is 5.45. The van der Waals surface area contributed by atoms with Gasteiger partial charge in [-0.25, -0.2) is 13.6 Å². The number of hydrogen-bond donors (Lipinski definition) is 3. The minimum Gasteiger partial charge on any atom is -0.481 e. The molecule has 0 radical (unpaired) electrons. The third-order valence-corrected chi connectivity index (χ3v) is 3.49. The van der Waals surface area contributed by atoms with Gasteiger partial charge in [0, 0.05) is 12.1 Å². The van der Waals surface area contributed by atoms with Crippen LogP contribution < -0.4 is 10.5 Å². The molecule has 0 saturated heterocycles. The van der Waals surface area contributed by atoms with E-state index in [0.29, 0.717) is 11.3 Å². The Bertz CT molecular complexity index is 610. The van der Waals surface area contributed by atoms with Crippen LogP contribution >= 0.6 is 0 Å². The summed E-state index contributed by atoms with van der Waals surface area (Å²) in [5.41, 5.74) is 0.607. The lowest BCUT2D eigenvalue weighted by atomic mass is 10.2. The Hall–Kier alpha value is -1.93. The highest BCUT2D eigenvalue weighted by Crippen LogP contribution is 2.22. The van der Waals surface area contributed by atoms with Crippen LogP contribution in [-0.2, 0) is 19.6 Å². The first-order chi connectivity index (χ1) is 8.71. The molecule has 0 spiro atoms. The maximum atomic E-state index is 11.5. The SMILES string of the molecule is Cc1c(NC(=O)CCC(=O)O)cccc1S(N)(=O)=O. The summed E-state index contributed by atoms with van der Waals surface area (Å²) in [6, 6.07) is 4.29. The number of nitrogens with one attached hydrogen (secondary N) is 1. The molecule has 0 atom stereocenters. The second-order valence-electron chi connectivity index (χ2n) is 3.92. The van der Waals surface area contributed by atoms with Gasteiger partial charge in [0.25, 0.3) is 0 Å². The van der Waals surface area contributed by atoms with E-state index in [9.17, 15) is 18.0 Å². The van der Waals surface area contributed by atoms with Crippen molar-refractivity contribution in [2.24, 2.45) is 5.14 Å². The Kier molecular flexibility index (Phi) is 4.62. The summed E-state index contributed by atoms with van der Waals surface area (Å²) in [6.07, 6.45) is -0.478. The highest BCUT2D eigenvalue weighted by atomic mass is 32.2. The first-order valence-corrected chi connectivity index (χ1v) is 6.90. The molecule has 1 aromatic carbocycles. The zero-order chi connectivity index (χ0) is 14.6. The Balaban J connectivity index is 2.91. The molecule has 19 heavy (non-hydrogen) atoms. The average molecular weight is 286 g/mol. The minimum absolute atomic E-state index is 0.0801. The first-order valence-electron chi connectivity index (χ1n) is 5.36. The van der Waals surface area contributed by atoms with Crippen LogP contribution in [0.15, 0.2) is 23.1 Å². The molecule has 7 nitrogen and oxygen atoms in total. The highest BCUT2D eigenvalue weighted by Gasteiger charge is 2.15. The van der Waals surface area contributed by atoms with Gasteiger partial charge in [-0.1, -0.05) is 6.07 Å². The number of carboxylic acid groups (broad SMARTS) is 1. The minimum atomic E-state index is -3.86. The number of aliphatic carboxylic acids is 1. The topological polar surface area (TPSA) is 127 Å². The molecule has 0 unspecified atom stereocenters. The van der Waals surface area contributed by atoms with Crippen LogP contribution in [0.4, 0.5) is 5.69 Å². The van der Waals surface area contributed by atoms with Crippen molar-refractivity contribution in [1.29, 1.82) is 0 Å². The number of sulfonamides is 1. The van der Waals surface area contributed by atoms with Gasteiger partial charge in [-0.2, -0.15) is 0 Å². The van der Waals surface area contributed by atoms with Crippen molar-refractivity contribution in [3.63, 3.8) is 0 Å². The quantitative estimate of drug-likeness (QED) is 0.724. The number of rotatable bonds is 5. The Morgan fingerprint density at radius 2 is 1.95 bits per heavy atom. The van der Waals surface area contributed by atoms with Gasteiger partial charge < -0.3 is 10.4 Å². The lowest BCUT2D eigenvalue weighted by Crippen LogP contribution is -2.17. The summed E-state index contributed by atoms with van der Waals surface area (Å²) in [5, 5.41) is 16.0. The van der Waals surface area contributed by atoms with Crippen LogP contribution in [0.3, 0.4) is 0 Å². The van der Waals surface area contributed by atoms with Crippen molar-refractivity contribution < 1.29 is 23.1 Å². The summed E-state index contributed by atoms with van der Waals surface area (Å²) >= 11 is 0. The van der Waals surface area contributed by atoms with Gasteiger partial charge in [-0.3, -0.25) is 9.59 Å². The maximum Gasteiger partial charge on any atom is 0.303 e. The fourth-order valence-electron chi connectivity index (χ4n) is 1.49. The van der Waals surface area contributed by atoms with E-state index in [1.54, 1.807) is 0 Å². The van der Waals surface area contributed by atoms with Crippen LogP contribution in [0.5, 0.6) is 0 Å². The largest absolute Gasteiger partial charge is 0.481 e. The molecular weight excluding hydrogens is 272 g/mol. The Labute approximate surface area is 110 Å². The molecular formula is C11H14N2O5S. The fourth-order valence-corrected chi connectivity index (χ4v) is 2.30. The Morgan fingerprint density at radius 1 is 1.32 bits per heavy atom. The normalized spacial score (nSPS) is 11.1. The standard InChI is InChI=1S/C11H14N2O5S/c1-7-8(13-10(14)5-6-11(15)16)3-2-4-9(7)19(12,17)18/h2-4H,5-6H2,1H3,(H,13,14)(H,15,16)(H2,12,17,18). The van der Waals surface area contributed by atoms with Gasteiger partial charge >= 0.3 is 5.97 Å². The predicted octanol–water partition coefficient (Wildman–Crippen LogP) is 0.446. The molecule has 0 aliphatic carbocycles. The number of benzene rings is 1. The summed E-state index contributed by atoms with van der Waals surface area (Å²) in [6.45, 7) is 1.51. The van der Waals surface area contributed by atoms with Gasteiger partial charge in [-0.15, -0.1) is 0 Å². The van der Waals surface area contributed by atoms with Crippen molar-refractivity contribution >= 4 is 27.6 Å². The lowest BCUT2D eigenvalue weighted by molar-refractivity contribution is -0.138. The second kappa shape index (κ2) is 5.81. The summed E-state index contributed by atoms with van der Waals surface area (Å²) < 4.78 is 22.6. The van der Waals surface area contributed by atoms with Crippen molar-refractivity contribution in [3.05, 3.63) is 23.8 Å². The molecule has 8 heteroatoms. The van der Waals surface area contributed by atoms with Crippen LogP contribution in [0.1, 0.15) is 18.4 Å². The summed E-state index contributed by atoms with van der Waals surface area (Å²) in [7, 11) is -3.86. The number of carbonyl (C=O) groups is 2. The molecule has 4 N–H and O–H groups in total. The van der Waals surface area contributed by atoms with E-state index in [1.807, 2.05) is 0 Å². The molecule has 1 aromatic rings. The number of hydrogen-bond acceptors (Lipinski definition) is 4. The number of carboxylic acids is 1. The number of anilines is 1. The predicted molar refractivity (Wildman–Crippen MR) is 68.1 cm³/mol. The fraction of sp³-hybridized carbons (Fsp3) is 0.273. The molecule has 0 saturated carbocycles. The van der Waals surface area contributed by atoms with Crippen LogP contribution in [0, 0.1) is 6.92 Å². The smallest absolute Gasteiger partial charge is 0.303 e. The zero-order valence-corrected chi connectivity index (χ0v) is 11.0. The van der Waals surface area contributed by atoms with Crippen molar-refractivity contribution in [2.75, 3.05) is 5.32 Å². The zero-order valence-electron chi connectivity index (χ0n) is 10.2. The van der Waals surface area contributed by atoms with Crippen LogP contribution in [0.25, 0.3) is 0 Å². The van der Waals surface area contributed by atoms with Crippen molar-refractivity contribution in [2.45, 2.75) is 24.7 Å². The summed E-state index contributed by atoms with van der Waals surface area (Å²) in [5.74, 6) is -1.58. The summed E-state index contributed by atoms with van der Waals surface area (Å²) in [4.78, 5) is 21.7. The molecule has 0 aromatic heterocycles. The van der Waals surface area contributed by atoms with E-state index < -0.39 is 21.9 Å². The van der Waals surface area contributed by atoms with E-state index in [1.165, 1.54) is 25.1 Å². The molecule has 1 rings (SSSR count). The van der Waals surface area contributed by atoms with Crippen molar-refractivity contribution in [3.8, 4) is 0 Å². The van der Waals surface area contributed by atoms with E-state index >= 15 is 0 Å². The molecule has 0 heterocycles. The van der Waals surface area contributed by atoms with Gasteiger partial charge in [0.05, 0.1) is 11.3 Å². The highest BCUT2D eigenvalue weighted by molar-refractivity contribution is 7.89. The van der Waals surface area contributed by atoms with Crippen LogP contribution in [0.2, 0.25) is 0 Å². The van der Waals surface area contributed by atoms with Gasteiger partial charge in [-0.05, 0) is 24.6 Å². The monoisotopic (exact) mass is 286 g/mol. The lowest BCUT2D eigenvalue weighted by Gasteiger charge is -2.10.